The van der Waals surface area contributed by atoms with Crippen molar-refractivity contribution in [3.63, 3.8) is 0 Å². The number of para-hydroxylation sites is 1. The number of hydrogen-bond acceptors (Lipinski definition) is 2. The van der Waals surface area contributed by atoms with E-state index < -0.39 is 6.10 Å². The maximum Gasteiger partial charge on any atom is 0.131 e. The summed E-state index contributed by atoms with van der Waals surface area (Å²) in [5.74, 6) is 1.18. The molecule has 0 amide bonds. The molecule has 1 N–H and O–H groups in total. The number of halogens is 1. The first-order valence-corrected chi connectivity index (χ1v) is 10.7. The van der Waals surface area contributed by atoms with Gasteiger partial charge in [0.05, 0.1) is 18.6 Å². The molecule has 5 atom stereocenters. The van der Waals surface area contributed by atoms with Crippen molar-refractivity contribution in [3.8, 4) is 0 Å². The minimum absolute atomic E-state index is 0. The highest BCUT2D eigenvalue weighted by Crippen LogP contribution is 2.47. The van der Waals surface area contributed by atoms with Gasteiger partial charge in [-0.05, 0) is 23.6 Å². The van der Waals surface area contributed by atoms with Crippen LogP contribution >= 0.6 is 0 Å². The summed E-state index contributed by atoms with van der Waals surface area (Å²) in [5, 5.41) is 12.8. The molecular formula is C26H29ClN2O. The Labute approximate surface area is 185 Å². The van der Waals surface area contributed by atoms with Crippen molar-refractivity contribution in [3.05, 3.63) is 90.6 Å². The fourth-order valence-electron chi connectivity index (χ4n) is 5.91. The van der Waals surface area contributed by atoms with Crippen LogP contribution < -0.4 is 12.4 Å². The molecule has 6 rings (SSSR count). The van der Waals surface area contributed by atoms with E-state index in [0.29, 0.717) is 11.8 Å². The van der Waals surface area contributed by atoms with E-state index in [-0.39, 0.29) is 18.4 Å². The quantitative estimate of drug-likeness (QED) is 0.505. The second-order valence-corrected chi connectivity index (χ2v) is 8.88. The lowest BCUT2D eigenvalue weighted by Crippen LogP contribution is -3.00. The van der Waals surface area contributed by atoms with E-state index in [9.17, 15) is 5.11 Å². The van der Waals surface area contributed by atoms with Gasteiger partial charge in [0, 0.05) is 35.9 Å². The van der Waals surface area contributed by atoms with Gasteiger partial charge in [-0.2, -0.15) is 0 Å². The summed E-state index contributed by atoms with van der Waals surface area (Å²) >= 11 is 0. The molecule has 156 valence electrons. The molecule has 3 fully saturated rings. The monoisotopic (exact) mass is 420 g/mol. The van der Waals surface area contributed by atoms with Crippen LogP contribution in [0.2, 0.25) is 0 Å². The number of rotatable bonds is 5. The van der Waals surface area contributed by atoms with Gasteiger partial charge >= 0.3 is 0 Å². The van der Waals surface area contributed by atoms with E-state index >= 15 is 0 Å². The Morgan fingerprint density at radius 3 is 2.67 bits per heavy atom. The molecule has 3 aliphatic heterocycles. The fraction of sp³-hybridized carbons (Fsp3) is 0.346. The normalized spacial score (nSPS) is 28.6. The van der Waals surface area contributed by atoms with Crippen molar-refractivity contribution < 1.29 is 22.0 Å². The standard InChI is InChI=1S/C26H29N2O.ClH/c1-2-20-18-28(17-19-8-4-3-5-9-19)15-13-21(20)16-25(28)26(29)23-12-14-27-24-11-7-6-10-22(23)24;/h2-12,14,20-21,25-26,29H,1,13,15-18H2;1H/q+1;/p-1/t20-,21-,25+,26+,28+;/m0./s1. The zero-order valence-electron chi connectivity index (χ0n) is 17.2. The summed E-state index contributed by atoms with van der Waals surface area (Å²) in [4.78, 5) is 4.50. The maximum atomic E-state index is 11.7. The zero-order valence-corrected chi connectivity index (χ0v) is 18.0. The largest absolute Gasteiger partial charge is 1.00 e. The highest BCUT2D eigenvalue weighted by molar-refractivity contribution is 5.82. The summed E-state index contributed by atoms with van der Waals surface area (Å²) < 4.78 is 0.953. The summed E-state index contributed by atoms with van der Waals surface area (Å²) in [6, 6.07) is 21.2. The average Bonchev–Trinajstić information content (AvgIpc) is 2.78. The number of pyridine rings is 1. The summed E-state index contributed by atoms with van der Waals surface area (Å²) in [6.45, 7) is 7.32. The number of aliphatic hydroxyl groups is 1. The zero-order chi connectivity index (χ0) is 19.8. The van der Waals surface area contributed by atoms with Gasteiger partial charge in [-0.15, -0.1) is 6.58 Å². The molecule has 2 bridgehead atoms. The maximum absolute atomic E-state index is 11.7. The molecule has 4 heterocycles. The van der Waals surface area contributed by atoms with Crippen LogP contribution in [0, 0.1) is 11.8 Å². The molecule has 1 aromatic heterocycles. The average molecular weight is 421 g/mol. The minimum Gasteiger partial charge on any atom is -1.00 e. The molecule has 3 aromatic rings. The summed E-state index contributed by atoms with van der Waals surface area (Å²) in [7, 11) is 0. The van der Waals surface area contributed by atoms with Gasteiger partial charge < -0.3 is 22.0 Å². The third-order valence-electron chi connectivity index (χ3n) is 7.38. The Morgan fingerprint density at radius 2 is 1.87 bits per heavy atom. The van der Waals surface area contributed by atoms with E-state index in [2.05, 4.69) is 54.0 Å². The Morgan fingerprint density at radius 1 is 1.10 bits per heavy atom. The van der Waals surface area contributed by atoms with Crippen molar-refractivity contribution in [2.75, 3.05) is 13.1 Å². The van der Waals surface area contributed by atoms with Gasteiger partial charge in [0.1, 0.15) is 18.7 Å². The third-order valence-corrected chi connectivity index (χ3v) is 7.38. The first kappa shape index (κ1) is 21.0. The number of aromatic nitrogens is 1. The highest BCUT2D eigenvalue weighted by Gasteiger charge is 2.53. The number of nitrogens with zero attached hydrogens (tertiary/aromatic N) is 2. The van der Waals surface area contributed by atoms with E-state index in [0.717, 1.165) is 47.0 Å². The molecule has 3 saturated heterocycles. The second-order valence-electron chi connectivity index (χ2n) is 8.88. The van der Waals surface area contributed by atoms with Crippen LogP contribution in [0.3, 0.4) is 0 Å². The molecule has 2 aromatic carbocycles. The molecular weight excluding hydrogens is 392 g/mol. The second kappa shape index (κ2) is 8.50. The van der Waals surface area contributed by atoms with Crippen molar-refractivity contribution in [1.29, 1.82) is 0 Å². The van der Waals surface area contributed by atoms with Gasteiger partial charge in [0.15, 0.2) is 0 Å². The summed E-state index contributed by atoms with van der Waals surface area (Å²) in [6.07, 6.45) is 5.79. The molecule has 0 saturated carbocycles. The first-order valence-electron chi connectivity index (χ1n) is 10.7. The van der Waals surface area contributed by atoms with Gasteiger partial charge in [-0.3, -0.25) is 4.98 Å². The van der Waals surface area contributed by atoms with Gasteiger partial charge in [-0.1, -0.05) is 54.6 Å². The molecule has 0 unspecified atom stereocenters. The number of benzene rings is 2. The van der Waals surface area contributed by atoms with Crippen molar-refractivity contribution in [2.24, 2.45) is 11.8 Å². The lowest BCUT2D eigenvalue weighted by Gasteiger charge is -2.58. The van der Waals surface area contributed by atoms with Crippen LogP contribution in [-0.2, 0) is 6.54 Å². The molecule has 4 heteroatoms. The number of aliphatic hydroxyl groups excluding tert-OH is 1. The van der Waals surface area contributed by atoms with Gasteiger partial charge in [0.25, 0.3) is 0 Å². The number of fused-ring (bicyclic) bond motifs is 4. The molecule has 0 aliphatic carbocycles. The van der Waals surface area contributed by atoms with Gasteiger partial charge in [-0.25, -0.2) is 0 Å². The highest BCUT2D eigenvalue weighted by atomic mass is 35.5. The van der Waals surface area contributed by atoms with Gasteiger partial charge in [0.2, 0.25) is 0 Å². The van der Waals surface area contributed by atoms with E-state index in [1.54, 1.807) is 0 Å². The van der Waals surface area contributed by atoms with Crippen LogP contribution in [0.15, 0.2) is 79.5 Å². The van der Waals surface area contributed by atoms with Crippen LogP contribution in [0.25, 0.3) is 10.9 Å². The van der Waals surface area contributed by atoms with Crippen molar-refractivity contribution in [1.82, 2.24) is 4.98 Å². The van der Waals surface area contributed by atoms with E-state index in [1.807, 2.05) is 30.5 Å². The van der Waals surface area contributed by atoms with Crippen LogP contribution in [-0.4, -0.2) is 33.7 Å². The van der Waals surface area contributed by atoms with E-state index in [1.165, 1.54) is 12.0 Å². The van der Waals surface area contributed by atoms with Crippen molar-refractivity contribution in [2.45, 2.75) is 31.5 Å². The number of piperidine rings is 3. The SMILES string of the molecule is C=C[C@H]1C[N@+]2(Cc3ccccc3)CC[C@H]1C[C@@H]2[C@H](O)c1ccnc2ccccc12.[Cl-]. The molecule has 3 nitrogen and oxygen atoms in total. The number of quaternary nitrogens is 1. The van der Waals surface area contributed by atoms with Crippen LogP contribution in [0.1, 0.15) is 30.1 Å². The predicted molar refractivity (Wildman–Crippen MR) is 117 cm³/mol. The topological polar surface area (TPSA) is 33.1 Å². The third kappa shape index (κ3) is 3.56. The Hall–Kier alpha value is -2.20. The first-order chi connectivity index (χ1) is 14.2. The smallest absolute Gasteiger partial charge is 0.131 e. The lowest BCUT2D eigenvalue weighted by atomic mass is 9.71. The minimum atomic E-state index is -0.486. The van der Waals surface area contributed by atoms with Crippen LogP contribution in [0.5, 0.6) is 0 Å². The fourth-order valence-corrected chi connectivity index (χ4v) is 5.91. The molecule has 30 heavy (non-hydrogen) atoms. The lowest BCUT2D eigenvalue weighted by molar-refractivity contribution is -0.984. The molecule has 3 aliphatic rings. The van der Waals surface area contributed by atoms with Crippen LogP contribution in [0.4, 0.5) is 0 Å². The summed E-state index contributed by atoms with van der Waals surface area (Å²) in [5.41, 5.74) is 3.33. The Bertz CT molecular complexity index is 1020. The van der Waals surface area contributed by atoms with E-state index in [4.69, 9.17) is 0 Å². The molecule has 0 radical (unpaired) electrons. The Balaban J connectivity index is 0.00000218. The number of hydrogen-bond donors (Lipinski definition) is 1. The van der Waals surface area contributed by atoms with Crippen molar-refractivity contribution >= 4 is 10.9 Å². The Kier molecular flexibility index (Phi) is 5.97. The predicted octanol–water partition coefficient (Wildman–Crippen LogP) is 1.88. The molecule has 0 spiro atoms.